The first-order chi connectivity index (χ1) is 17.5. The summed E-state index contributed by atoms with van der Waals surface area (Å²) < 4.78 is 60.1. The summed E-state index contributed by atoms with van der Waals surface area (Å²) in [7, 11) is 0. The van der Waals surface area contributed by atoms with Crippen molar-refractivity contribution in [2.75, 3.05) is 13.2 Å². The lowest BCUT2D eigenvalue weighted by atomic mass is 9.82. The number of hydrogen-bond donors (Lipinski definition) is 1. The molecule has 2 atom stereocenters. The highest BCUT2D eigenvalue weighted by Crippen LogP contribution is 2.42. The van der Waals surface area contributed by atoms with Gasteiger partial charge in [0.15, 0.2) is 0 Å². The van der Waals surface area contributed by atoms with Crippen LogP contribution in [-0.2, 0) is 17.8 Å². The van der Waals surface area contributed by atoms with Crippen molar-refractivity contribution in [2.24, 2.45) is 0 Å². The van der Waals surface area contributed by atoms with Crippen molar-refractivity contribution in [1.29, 1.82) is 0 Å². The number of nitrogens with zero attached hydrogens (tertiary/aromatic N) is 3. The molecule has 0 saturated heterocycles. The van der Waals surface area contributed by atoms with E-state index >= 15 is 8.78 Å². The van der Waals surface area contributed by atoms with Gasteiger partial charge in [-0.05, 0) is 67.7 Å². The normalized spacial score (nSPS) is 18.4. The maximum absolute atomic E-state index is 15.5. The second-order valence-corrected chi connectivity index (χ2v) is 10.0. The van der Waals surface area contributed by atoms with E-state index in [9.17, 15) is 13.6 Å². The zero-order chi connectivity index (χ0) is 26.9. The molecule has 0 spiro atoms. The Labute approximate surface area is 213 Å². The number of carboxylic acid groups (broad SMARTS) is 1. The standard InChI is InChI=1S/C28H29F4N3O2/c1-17-10-20-13-19(21-14-33-34(15-21)9-8-29)5-6-22(20)27(35(17)16-28(2,3)32)26-23(30)11-18(12-24(26)31)4-7-25(36)37/h4-7,11-15,17,27H,8-10,16H2,1-3H3,(H,36,37)/b7-4+/t17-,27+/m0/s1. The molecule has 196 valence electrons. The number of rotatable bonds is 8. The number of carbonyl (C=O) groups is 1. The fourth-order valence-electron chi connectivity index (χ4n) is 4.95. The van der Waals surface area contributed by atoms with Gasteiger partial charge in [0.05, 0.1) is 18.8 Å². The van der Waals surface area contributed by atoms with E-state index in [-0.39, 0.29) is 30.3 Å². The molecule has 0 radical (unpaired) electrons. The summed E-state index contributed by atoms with van der Waals surface area (Å²) in [5.74, 6) is -2.91. The average Bonchev–Trinajstić information content (AvgIpc) is 3.27. The van der Waals surface area contributed by atoms with Gasteiger partial charge in [-0.1, -0.05) is 18.2 Å². The molecule has 0 unspecified atom stereocenters. The minimum Gasteiger partial charge on any atom is -0.478 e. The van der Waals surface area contributed by atoms with Gasteiger partial charge in [0, 0.05) is 36.0 Å². The van der Waals surface area contributed by atoms with Crippen LogP contribution in [0.5, 0.6) is 0 Å². The molecule has 0 bridgehead atoms. The van der Waals surface area contributed by atoms with Gasteiger partial charge >= 0.3 is 5.97 Å². The summed E-state index contributed by atoms with van der Waals surface area (Å²) in [5, 5.41) is 13.0. The molecule has 1 aliphatic rings. The quantitative estimate of drug-likeness (QED) is 0.296. The van der Waals surface area contributed by atoms with Crippen molar-refractivity contribution in [1.82, 2.24) is 14.7 Å². The summed E-state index contributed by atoms with van der Waals surface area (Å²) in [6.45, 7) is 4.32. The lowest BCUT2D eigenvalue weighted by Crippen LogP contribution is -2.48. The molecular formula is C28H29F4N3O2. The van der Waals surface area contributed by atoms with E-state index in [1.165, 1.54) is 18.5 Å². The fraction of sp³-hybridized carbons (Fsp3) is 0.357. The van der Waals surface area contributed by atoms with Crippen LogP contribution >= 0.6 is 0 Å². The van der Waals surface area contributed by atoms with Crippen molar-refractivity contribution >= 4 is 12.0 Å². The van der Waals surface area contributed by atoms with Gasteiger partial charge in [-0.2, -0.15) is 5.10 Å². The number of hydrogen-bond acceptors (Lipinski definition) is 3. The van der Waals surface area contributed by atoms with Crippen LogP contribution in [0, 0.1) is 11.6 Å². The van der Waals surface area contributed by atoms with Crippen molar-refractivity contribution in [2.45, 2.75) is 51.5 Å². The summed E-state index contributed by atoms with van der Waals surface area (Å²) >= 11 is 0. The van der Waals surface area contributed by atoms with Crippen LogP contribution in [0.2, 0.25) is 0 Å². The summed E-state index contributed by atoms with van der Waals surface area (Å²) in [6.07, 6.45) is 5.85. The fourth-order valence-corrected chi connectivity index (χ4v) is 4.95. The Bertz CT molecular complexity index is 1310. The lowest BCUT2D eigenvalue weighted by Gasteiger charge is -2.44. The Hall–Kier alpha value is -3.46. The highest BCUT2D eigenvalue weighted by Gasteiger charge is 2.39. The van der Waals surface area contributed by atoms with Crippen LogP contribution in [0.15, 0.2) is 48.8 Å². The van der Waals surface area contributed by atoms with Gasteiger partial charge in [0.1, 0.15) is 24.0 Å². The third-order valence-electron chi connectivity index (χ3n) is 6.48. The Kier molecular flexibility index (Phi) is 7.54. The van der Waals surface area contributed by atoms with Gasteiger partial charge in [-0.25, -0.2) is 22.4 Å². The number of aromatic nitrogens is 2. The molecule has 2 aromatic carbocycles. The first-order valence-corrected chi connectivity index (χ1v) is 12.0. The second-order valence-electron chi connectivity index (χ2n) is 10.0. The first kappa shape index (κ1) is 26.6. The molecule has 4 rings (SSSR count). The Morgan fingerprint density at radius 2 is 1.89 bits per heavy atom. The summed E-state index contributed by atoms with van der Waals surface area (Å²) in [5.41, 5.74) is 1.40. The van der Waals surface area contributed by atoms with E-state index < -0.39 is 36.0 Å². The lowest BCUT2D eigenvalue weighted by molar-refractivity contribution is -0.131. The van der Waals surface area contributed by atoms with E-state index in [0.29, 0.717) is 12.0 Å². The first-order valence-electron chi connectivity index (χ1n) is 12.0. The van der Waals surface area contributed by atoms with E-state index in [1.54, 1.807) is 23.4 Å². The number of halogens is 4. The van der Waals surface area contributed by atoms with Gasteiger partial charge < -0.3 is 5.11 Å². The predicted molar refractivity (Wildman–Crippen MR) is 134 cm³/mol. The molecule has 1 aromatic heterocycles. The third kappa shape index (κ3) is 5.93. The van der Waals surface area contributed by atoms with Crippen LogP contribution < -0.4 is 0 Å². The van der Waals surface area contributed by atoms with Crippen LogP contribution in [0.25, 0.3) is 17.2 Å². The number of aryl methyl sites for hydroxylation is 1. The molecule has 3 aromatic rings. The van der Waals surface area contributed by atoms with E-state index in [0.717, 1.165) is 41.0 Å². The van der Waals surface area contributed by atoms with Gasteiger partial charge in [0.25, 0.3) is 0 Å². The van der Waals surface area contributed by atoms with Crippen molar-refractivity contribution in [3.63, 3.8) is 0 Å². The third-order valence-corrected chi connectivity index (χ3v) is 6.48. The van der Waals surface area contributed by atoms with Crippen molar-refractivity contribution in [3.05, 3.63) is 82.7 Å². The van der Waals surface area contributed by atoms with Crippen molar-refractivity contribution < 1.29 is 27.5 Å². The predicted octanol–water partition coefficient (Wildman–Crippen LogP) is 5.98. The van der Waals surface area contributed by atoms with Crippen LogP contribution in [0.1, 0.15) is 49.1 Å². The topological polar surface area (TPSA) is 58.4 Å². The van der Waals surface area contributed by atoms with E-state index in [4.69, 9.17) is 5.11 Å². The highest BCUT2D eigenvalue weighted by atomic mass is 19.1. The van der Waals surface area contributed by atoms with Gasteiger partial charge in [0.2, 0.25) is 0 Å². The largest absolute Gasteiger partial charge is 0.478 e. The molecule has 0 aliphatic carbocycles. The zero-order valence-electron chi connectivity index (χ0n) is 20.9. The molecule has 0 amide bonds. The van der Waals surface area contributed by atoms with E-state index in [1.807, 2.05) is 19.1 Å². The number of carboxylic acids is 1. The molecule has 0 saturated carbocycles. The Morgan fingerprint density at radius 1 is 1.19 bits per heavy atom. The molecule has 1 aliphatic heterocycles. The number of alkyl halides is 2. The molecule has 1 N–H and O–H groups in total. The monoisotopic (exact) mass is 515 g/mol. The van der Waals surface area contributed by atoms with Crippen LogP contribution in [0.4, 0.5) is 17.6 Å². The van der Waals surface area contributed by atoms with Gasteiger partial charge in [-0.3, -0.25) is 9.58 Å². The number of benzene rings is 2. The van der Waals surface area contributed by atoms with Crippen LogP contribution in [0.3, 0.4) is 0 Å². The molecule has 0 fully saturated rings. The van der Waals surface area contributed by atoms with Crippen LogP contribution in [-0.4, -0.2) is 50.7 Å². The molecule has 9 heteroatoms. The average molecular weight is 516 g/mol. The minimum atomic E-state index is -1.62. The summed E-state index contributed by atoms with van der Waals surface area (Å²) in [4.78, 5) is 12.6. The number of aliphatic carboxylic acids is 1. The van der Waals surface area contributed by atoms with Gasteiger partial charge in [-0.15, -0.1) is 0 Å². The maximum Gasteiger partial charge on any atom is 0.328 e. The molecule has 2 heterocycles. The van der Waals surface area contributed by atoms with Crippen molar-refractivity contribution in [3.8, 4) is 11.1 Å². The maximum atomic E-state index is 15.5. The molecule has 37 heavy (non-hydrogen) atoms. The smallest absolute Gasteiger partial charge is 0.328 e. The number of fused-ring (bicyclic) bond motifs is 1. The highest BCUT2D eigenvalue weighted by molar-refractivity contribution is 5.85. The molecule has 5 nitrogen and oxygen atoms in total. The molecular weight excluding hydrogens is 486 g/mol. The Balaban J connectivity index is 1.82. The zero-order valence-corrected chi connectivity index (χ0v) is 20.9. The SMILES string of the molecule is C[C@H]1Cc2cc(-c3cnn(CCF)c3)ccc2[C@H](c2c(F)cc(/C=C/C(=O)O)cc2F)N1CC(C)(C)F. The Morgan fingerprint density at radius 3 is 2.51 bits per heavy atom. The van der Waals surface area contributed by atoms with E-state index in [2.05, 4.69) is 5.10 Å². The summed E-state index contributed by atoms with van der Waals surface area (Å²) in [6, 6.07) is 6.59. The second kappa shape index (κ2) is 10.5. The minimum absolute atomic E-state index is 0.0461.